The fourth-order valence-electron chi connectivity index (χ4n) is 0.692. The highest BCUT2D eigenvalue weighted by atomic mass is 16.5. The normalized spacial score (nSPS) is 12.5. The van der Waals surface area contributed by atoms with Gasteiger partial charge in [-0.2, -0.15) is 0 Å². The number of carbonyl (C=O) groups excluding carboxylic acids is 2. The fraction of sp³-hybridized carbons (Fsp3) is 0.750. The second-order valence-electron chi connectivity index (χ2n) is 2.29. The van der Waals surface area contributed by atoms with Crippen molar-refractivity contribution in [2.45, 2.75) is 32.3 Å². The Balaban J connectivity index is 3.40. The fourth-order valence-corrected chi connectivity index (χ4v) is 0.692. The smallest absolute Gasteiger partial charge is 0.148 e. The second kappa shape index (κ2) is 7.41. The van der Waals surface area contributed by atoms with E-state index in [4.69, 9.17) is 4.74 Å². The zero-order chi connectivity index (χ0) is 8.53. The number of hydrogen-bond acceptors (Lipinski definition) is 3. The lowest BCUT2D eigenvalue weighted by atomic mass is 10.2. The molecule has 0 aromatic heterocycles. The zero-order valence-electron chi connectivity index (χ0n) is 6.79. The molecule has 0 aliphatic rings. The van der Waals surface area contributed by atoms with Gasteiger partial charge < -0.3 is 14.3 Å². The summed E-state index contributed by atoms with van der Waals surface area (Å²) in [5.41, 5.74) is 0. The summed E-state index contributed by atoms with van der Waals surface area (Å²) in [4.78, 5) is 20.2. The molecule has 3 nitrogen and oxygen atoms in total. The Labute approximate surface area is 66.7 Å². The summed E-state index contributed by atoms with van der Waals surface area (Å²) in [6, 6.07) is 0. The number of ether oxygens (including phenoxy) is 1. The molecule has 0 saturated heterocycles. The van der Waals surface area contributed by atoms with Gasteiger partial charge in [0.1, 0.15) is 18.7 Å². The van der Waals surface area contributed by atoms with Crippen LogP contribution < -0.4 is 0 Å². The Morgan fingerprint density at radius 3 is 2.64 bits per heavy atom. The Morgan fingerprint density at radius 1 is 1.45 bits per heavy atom. The molecule has 0 radical (unpaired) electrons. The van der Waals surface area contributed by atoms with Gasteiger partial charge in [0.2, 0.25) is 0 Å². The molecular formula is C8H14O3. The molecule has 0 aromatic rings. The summed E-state index contributed by atoms with van der Waals surface area (Å²) in [5.74, 6) is 0. The van der Waals surface area contributed by atoms with E-state index in [0.29, 0.717) is 19.4 Å². The van der Waals surface area contributed by atoms with E-state index in [9.17, 15) is 9.59 Å². The van der Waals surface area contributed by atoms with Crippen molar-refractivity contribution in [3.63, 3.8) is 0 Å². The van der Waals surface area contributed by atoms with Crippen LogP contribution in [0.25, 0.3) is 0 Å². The predicted octanol–water partition coefficient (Wildman–Crippen LogP) is 0.960. The molecular weight excluding hydrogens is 144 g/mol. The van der Waals surface area contributed by atoms with E-state index >= 15 is 0 Å². The molecule has 0 rings (SSSR count). The van der Waals surface area contributed by atoms with Crippen molar-refractivity contribution < 1.29 is 14.3 Å². The lowest BCUT2D eigenvalue weighted by Gasteiger charge is -2.08. The van der Waals surface area contributed by atoms with Gasteiger partial charge in [0, 0.05) is 13.0 Å². The average Bonchev–Trinajstić information content (AvgIpc) is 2.05. The third-order valence-electron chi connectivity index (χ3n) is 1.26. The summed E-state index contributed by atoms with van der Waals surface area (Å²) >= 11 is 0. The van der Waals surface area contributed by atoms with Crippen LogP contribution in [0.2, 0.25) is 0 Å². The van der Waals surface area contributed by atoms with E-state index in [1.165, 1.54) is 0 Å². The minimum Gasteiger partial charge on any atom is -0.371 e. The Kier molecular flexibility index (Phi) is 6.94. The van der Waals surface area contributed by atoms with Crippen LogP contribution in [0.1, 0.15) is 26.2 Å². The first-order valence-electron chi connectivity index (χ1n) is 3.85. The first-order valence-corrected chi connectivity index (χ1v) is 3.85. The van der Waals surface area contributed by atoms with Crippen LogP contribution in [0.5, 0.6) is 0 Å². The van der Waals surface area contributed by atoms with Gasteiger partial charge >= 0.3 is 0 Å². The van der Waals surface area contributed by atoms with E-state index < -0.39 is 0 Å². The average molecular weight is 158 g/mol. The molecule has 11 heavy (non-hydrogen) atoms. The van der Waals surface area contributed by atoms with Gasteiger partial charge in [0.15, 0.2) is 0 Å². The molecule has 0 bridgehead atoms. The summed E-state index contributed by atoms with van der Waals surface area (Å²) in [7, 11) is 0. The number of hydrogen-bond donors (Lipinski definition) is 0. The standard InChI is InChI=1S/C8H14O3/c1-2-6-11-8(7-10)4-3-5-9/h5,7-8H,2-4,6H2,1H3. The minimum absolute atomic E-state index is 0.389. The summed E-state index contributed by atoms with van der Waals surface area (Å²) in [6.07, 6.45) is 2.96. The minimum atomic E-state index is -0.389. The van der Waals surface area contributed by atoms with Crippen molar-refractivity contribution in [2.24, 2.45) is 0 Å². The van der Waals surface area contributed by atoms with Crippen molar-refractivity contribution in [1.29, 1.82) is 0 Å². The predicted molar refractivity (Wildman–Crippen MR) is 41.4 cm³/mol. The molecule has 0 saturated carbocycles. The molecule has 64 valence electrons. The molecule has 0 spiro atoms. The number of carbonyl (C=O) groups is 2. The van der Waals surface area contributed by atoms with Gasteiger partial charge in [-0.15, -0.1) is 0 Å². The third kappa shape index (κ3) is 5.73. The number of rotatable bonds is 7. The lowest BCUT2D eigenvalue weighted by molar-refractivity contribution is -0.119. The molecule has 1 unspecified atom stereocenters. The quantitative estimate of drug-likeness (QED) is 0.518. The van der Waals surface area contributed by atoms with Crippen molar-refractivity contribution in [1.82, 2.24) is 0 Å². The number of aldehydes is 2. The van der Waals surface area contributed by atoms with Crippen LogP contribution in [0.15, 0.2) is 0 Å². The zero-order valence-corrected chi connectivity index (χ0v) is 6.79. The third-order valence-corrected chi connectivity index (χ3v) is 1.26. The maximum absolute atomic E-state index is 10.3. The van der Waals surface area contributed by atoms with Crippen LogP contribution in [0, 0.1) is 0 Å². The van der Waals surface area contributed by atoms with Crippen molar-refractivity contribution in [3.8, 4) is 0 Å². The Morgan fingerprint density at radius 2 is 2.18 bits per heavy atom. The Bertz CT molecular complexity index is 112. The largest absolute Gasteiger partial charge is 0.371 e. The first-order chi connectivity index (χ1) is 5.35. The summed E-state index contributed by atoms with van der Waals surface area (Å²) in [5, 5.41) is 0. The van der Waals surface area contributed by atoms with E-state index in [0.717, 1.165) is 19.0 Å². The van der Waals surface area contributed by atoms with E-state index in [2.05, 4.69) is 0 Å². The molecule has 0 aromatic carbocycles. The molecule has 0 heterocycles. The van der Waals surface area contributed by atoms with E-state index in [-0.39, 0.29) is 6.10 Å². The van der Waals surface area contributed by atoms with Crippen LogP contribution in [-0.4, -0.2) is 25.3 Å². The van der Waals surface area contributed by atoms with Crippen molar-refractivity contribution >= 4 is 12.6 Å². The van der Waals surface area contributed by atoms with Crippen LogP contribution >= 0.6 is 0 Å². The highest BCUT2D eigenvalue weighted by Gasteiger charge is 2.04. The van der Waals surface area contributed by atoms with E-state index in [1.54, 1.807) is 0 Å². The summed E-state index contributed by atoms with van der Waals surface area (Å²) < 4.78 is 5.12. The SMILES string of the molecule is CCCOC(C=O)CCC=O. The van der Waals surface area contributed by atoms with Gasteiger partial charge in [-0.25, -0.2) is 0 Å². The van der Waals surface area contributed by atoms with E-state index in [1.807, 2.05) is 6.92 Å². The molecule has 0 N–H and O–H groups in total. The molecule has 3 heteroatoms. The molecule has 0 aliphatic heterocycles. The maximum Gasteiger partial charge on any atom is 0.148 e. The molecule has 0 fully saturated rings. The van der Waals surface area contributed by atoms with Crippen LogP contribution in [-0.2, 0) is 14.3 Å². The topological polar surface area (TPSA) is 43.4 Å². The van der Waals surface area contributed by atoms with Gasteiger partial charge in [0.05, 0.1) is 0 Å². The van der Waals surface area contributed by atoms with Crippen molar-refractivity contribution in [3.05, 3.63) is 0 Å². The summed E-state index contributed by atoms with van der Waals surface area (Å²) in [6.45, 7) is 2.56. The van der Waals surface area contributed by atoms with Gasteiger partial charge in [-0.1, -0.05) is 6.92 Å². The maximum atomic E-state index is 10.3. The Hall–Kier alpha value is -0.700. The van der Waals surface area contributed by atoms with Gasteiger partial charge in [-0.3, -0.25) is 0 Å². The highest BCUT2D eigenvalue weighted by Crippen LogP contribution is 1.98. The van der Waals surface area contributed by atoms with Crippen molar-refractivity contribution in [2.75, 3.05) is 6.61 Å². The van der Waals surface area contributed by atoms with Crippen LogP contribution in [0.3, 0.4) is 0 Å². The highest BCUT2D eigenvalue weighted by molar-refractivity contribution is 5.57. The second-order valence-corrected chi connectivity index (χ2v) is 2.29. The van der Waals surface area contributed by atoms with Gasteiger partial charge in [0.25, 0.3) is 0 Å². The monoisotopic (exact) mass is 158 g/mol. The molecule has 1 atom stereocenters. The molecule has 0 aliphatic carbocycles. The lowest BCUT2D eigenvalue weighted by Crippen LogP contribution is -2.15. The first kappa shape index (κ1) is 10.3. The van der Waals surface area contributed by atoms with Crippen LogP contribution in [0.4, 0.5) is 0 Å². The molecule has 0 amide bonds. The van der Waals surface area contributed by atoms with Gasteiger partial charge in [-0.05, 0) is 12.8 Å².